The van der Waals surface area contributed by atoms with E-state index in [0.29, 0.717) is 17.8 Å². The predicted molar refractivity (Wildman–Crippen MR) is 64.4 cm³/mol. The lowest BCUT2D eigenvalue weighted by Crippen LogP contribution is -2.38. The molecule has 0 aromatic carbocycles. The van der Waals surface area contributed by atoms with Crippen LogP contribution in [0.15, 0.2) is 0 Å². The maximum absolute atomic E-state index is 10.7. The summed E-state index contributed by atoms with van der Waals surface area (Å²) in [7, 11) is 0. The molecule has 3 nitrogen and oxygen atoms in total. The quantitative estimate of drug-likeness (QED) is 0.734. The van der Waals surface area contributed by atoms with Gasteiger partial charge in [-0.3, -0.25) is 4.79 Å². The van der Waals surface area contributed by atoms with Crippen molar-refractivity contribution in [3.8, 4) is 0 Å². The molecule has 0 spiro atoms. The lowest BCUT2D eigenvalue weighted by atomic mass is 10.1. The molecule has 0 heterocycles. The van der Waals surface area contributed by atoms with Crippen LogP contribution in [0.4, 0.5) is 0 Å². The van der Waals surface area contributed by atoms with E-state index in [9.17, 15) is 4.79 Å². The van der Waals surface area contributed by atoms with Crippen LogP contribution < -0.4 is 5.32 Å². The van der Waals surface area contributed by atoms with Crippen LogP contribution in [0.3, 0.4) is 0 Å². The van der Waals surface area contributed by atoms with E-state index in [2.05, 4.69) is 12.2 Å². The van der Waals surface area contributed by atoms with E-state index in [4.69, 9.17) is 5.11 Å². The van der Waals surface area contributed by atoms with Gasteiger partial charge in [-0.15, -0.1) is 0 Å². The molecule has 1 aliphatic rings. The number of carbonyl (C=O) groups is 1. The summed E-state index contributed by atoms with van der Waals surface area (Å²) in [5.41, 5.74) is 0. The second-order valence-electron chi connectivity index (χ2n) is 4.18. The third-order valence-electron chi connectivity index (χ3n) is 2.94. The Balaban J connectivity index is 2.28. The van der Waals surface area contributed by atoms with Crippen molar-refractivity contribution < 1.29 is 9.90 Å². The first-order valence-electron chi connectivity index (χ1n) is 5.73. The van der Waals surface area contributed by atoms with Crippen molar-refractivity contribution in [2.45, 2.75) is 44.4 Å². The standard InChI is InChI=1S/C11H21NO2S/c1-3-15-10-6-4-5-9(10)12-7-8(2)11(13)14/h8-10,12H,3-7H2,1-2H3,(H,13,14). The van der Waals surface area contributed by atoms with Crippen LogP contribution in [0, 0.1) is 5.92 Å². The molecule has 0 aromatic rings. The molecule has 0 radical (unpaired) electrons. The summed E-state index contributed by atoms with van der Waals surface area (Å²) >= 11 is 2.00. The van der Waals surface area contributed by atoms with Crippen molar-refractivity contribution in [2.75, 3.05) is 12.3 Å². The first-order valence-corrected chi connectivity index (χ1v) is 6.77. The van der Waals surface area contributed by atoms with E-state index in [0.717, 1.165) is 5.75 Å². The highest BCUT2D eigenvalue weighted by Gasteiger charge is 2.27. The molecule has 0 bridgehead atoms. The summed E-state index contributed by atoms with van der Waals surface area (Å²) in [6.45, 7) is 4.53. The molecule has 0 aliphatic heterocycles. The van der Waals surface area contributed by atoms with Gasteiger partial charge < -0.3 is 10.4 Å². The van der Waals surface area contributed by atoms with Crippen LogP contribution in [0.25, 0.3) is 0 Å². The largest absolute Gasteiger partial charge is 0.481 e. The van der Waals surface area contributed by atoms with Crippen molar-refractivity contribution in [3.63, 3.8) is 0 Å². The highest BCUT2D eigenvalue weighted by atomic mass is 32.2. The SMILES string of the molecule is CCSC1CCCC1NCC(C)C(=O)O. The molecule has 0 amide bonds. The van der Waals surface area contributed by atoms with Crippen LogP contribution >= 0.6 is 11.8 Å². The molecule has 1 aliphatic carbocycles. The van der Waals surface area contributed by atoms with Gasteiger partial charge in [0.25, 0.3) is 0 Å². The summed E-state index contributed by atoms with van der Waals surface area (Å²) in [6.07, 6.45) is 3.75. The summed E-state index contributed by atoms with van der Waals surface area (Å²) in [4.78, 5) is 10.7. The lowest BCUT2D eigenvalue weighted by molar-refractivity contribution is -0.140. The summed E-state index contributed by atoms with van der Waals surface area (Å²) in [5, 5.41) is 12.9. The van der Waals surface area contributed by atoms with Crippen LogP contribution in [-0.4, -0.2) is 34.7 Å². The first-order chi connectivity index (χ1) is 7.15. The minimum Gasteiger partial charge on any atom is -0.481 e. The van der Waals surface area contributed by atoms with Crippen molar-refractivity contribution >= 4 is 17.7 Å². The van der Waals surface area contributed by atoms with E-state index in [1.165, 1.54) is 19.3 Å². The Morgan fingerprint density at radius 2 is 2.33 bits per heavy atom. The van der Waals surface area contributed by atoms with Gasteiger partial charge in [-0.1, -0.05) is 20.3 Å². The molecular formula is C11H21NO2S. The molecule has 3 atom stereocenters. The zero-order valence-electron chi connectivity index (χ0n) is 9.53. The first kappa shape index (κ1) is 12.8. The molecule has 15 heavy (non-hydrogen) atoms. The van der Waals surface area contributed by atoms with Crippen molar-refractivity contribution in [1.82, 2.24) is 5.32 Å². The Kier molecular flexibility index (Phi) is 5.47. The molecule has 3 unspecified atom stereocenters. The molecule has 0 aromatic heterocycles. The van der Waals surface area contributed by atoms with Crippen LogP contribution in [0.2, 0.25) is 0 Å². The van der Waals surface area contributed by atoms with E-state index in [1.807, 2.05) is 11.8 Å². The number of carboxylic acids is 1. The van der Waals surface area contributed by atoms with Gasteiger partial charge in [-0.2, -0.15) is 11.8 Å². The predicted octanol–water partition coefficient (Wildman–Crippen LogP) is 1.97. The van der Waals surface area contributed by atoms with E-state index >= 15 is 0 Å². The minimum atomic E-state index is -0.708. The Morgan fingerprint density at radius 3 is 2.93 bits per heavy atom. The van der Waals surface area contributed by atoms with Crippen LogP contribution in [0.5, 0.6) is 0 Å². The second-order valence-corrected chi connectivity index (χ2v) is 5.69. The monoisotopic (exact) mass is 231 g/mol. The highest BCUT2D eigenvalue weighted by Crippen LogP contribution is 2.29. The van der Waals surface area contributed by atoms with Gasteiger partial charge >= 0.3 is 5.97 Å². The molecular weight excluding hydrogens is 210 g/mol. The summed E-state index contributed by atoms with van der Waals surface area (Å²) in [5.74, 6) is 0.162. The molecule has 2 N–H and O–H groups in total. The average molecular weight is 231 g/mol. The number of nitrogens with one attached hydrogen (secondary N) is 1. The molecule has 1 rings (SSSR count). The zero-order valence-corrected chi connectivity index (χ0v) is 10.3. The number of aliphatic carboxylic acids is 1. The fourth-order valence-corrected chi connectivity index (χ4v) is 3.21. The average Bonchev–Trinajstić information content (AvgIpc) is 2.62. The molecule has 4 heteroatoms. The normalized spacial score (nSPS) is 27.9. The van der Waals surface area contributed by atoms with Gasteiger partial charge in [0, 0.05) is 17.8 Å². The summed E-state index contributed by atoms with van der Waals surface area (Å²) in [6, 6.07) is 0.525. The van der Waals surface area contributed by atoms with Gasteiger partial charge in [-0.05, 0) is 18.6 Å². The van der Waals surface area contributed by atoms with E-state index in [1.54, 1.807) is 6.92 Å². The Hall–Kier alpha value is -0.220. The lowest BCUT2D eigenvalue weighted by Gasteiger charge is -2.21. The van der Waals surface area contributed by atoms with Gasteiger partial charge in [0.1, 0.15) is 0 Å². The Labute approximate surface area is 96.0 Å². The van der Waals surface area contributed by atoms with Gasteiger partial charge in [0.15, 0.2) is 0 Å². The summed E-state index contributed by atoms with van der Waals surface area (Å²) < 4.78 is 0. The van der Waals surface area contributed by atoms with Gasteiger partial charge in [0.2, 0.25) is 0 Å². The molecule has 0 saturated heterocycles. The smallest absolute Gasteiger partial charge is 0.307 e. The molecule has 88 valence electrons. The van der Waals surface area contributed by atoms with Crippen LogP contribution in [-0.2, 0) is 4.79 Å². The number of carboxylic acid groups (broad SMARTS) is 1. The van der Waals surface area contributed by atoms with Gasteiger partial charge in [-0.25, -0.2) is 0 Å². The highest BCUT2D eigenvalue weighted by molar-refractivity contribution is 7.99. The third kappa shape index (κ3) is 4.03. The molecule has 1 saturated carbocycles. The number of hydrogen-bond donors (Lipinski definition) is 2. The van der Waals surface area contributed by atoms with E-state index < -0.39 is 5.97 Å². The van der Waals surface area contributed by atoms with Crippen molar-refractivity contribution in [2.24, 2.45) is 5.92 Å². The fraction of sp³-hybridized carbons (Fsp3) is 0.909. The maximum atomic E-state index is 10.7. The van der Waals surface area contributed by atoms with Gasteiger partial charge in [0.05, 0.1) is 5.92 Å². The topological polar surface area (TPSA) is 49.3 Å². The number of thioether (sulfide) groups is 1. The Bertz CT molecular complexity index is 211. The third-order valence-corrected chi connectivity index (χ3v) is 4.27. The zero-order chi connectivity index (χ0) is 11.3. The van der Waals surface area contributed by atoms with Crippen LogP contribution in [0.1, 0.15) is 33.1 Å². The fourth-order valence-electron chi connectivity index (χ4n) is 1.99. The van der Waals surface area contributed by atoms with Crippen molar-refractivity contribution in [1.29, 1.82) is 0 Å². The number of rotatable bonds is 6. The minimum absolute atomic E-state index is 0.280. The molecule has 1 fully saturated rings. The Morgan fingerprint density at radius 1 is 1.60 bits per heavy atom. The second kappa shape index (κ2) is 6.38. The van der Waals surface area contributed by atoms with E-state index in [-0.39, 0.29) is 5.92 Å². The number of hydrogen-bond acceptors (Lipinski definition) is 3. The maximum Gasteiger partial charge on any atom is 0.307 e. The van der Waals surface area contributed by atoms with Crippen molar-refractivity contribution in [3.05, 3.63) is 0 Å².